The van der Waals surface area contributed by atoms with Crippen LogP contribution in [-0.2, 0) is 0 Å². The van der Waals surface area contributed by atoms with Crippen molar-refractivity contribution in [2.45, 2.75) is 18.8 Å². The summed E-state index contributed by atoms with van der Waals surface area (Å²) in [7, 11) is 0. The Labute approximate surface area is 127 Å². The van der Waals surface area contributed by atoms with Gasteiger partial charge in [-0.05, 0) is 0 Å². The molecule has 0 aromatic carbocycles. The number of hydrogen-bond acceptors (Lipinski definition) is 4. The molecule has 2 aromatic heterocycles. The second-order valence-corrected chi connectivity index (χ2v) is 5.66. The number of nitrogen functional groups attached to an aromatic ring is 1. The van der Waals surface area contributed by atoms with Crippen LogP contribution in [0.5, 0.6) is 0 Å². The van der Waals surface area contributed by atoms with Crippen LogP contribution in [0, 0.1) is 9.40 Å². The number of piperidine rings is 1. The van der Waals surface area contributed by atoms with Gasteiger partial charge in [0.05, 0.1) is 0 Å². The quantitative estimate of drug-likeness (QED) is 0.486. The summed E-state index contributed by atoms with van der Waals surface area (Å²) in [5.74, 6) is 4.15. The topological polar surface area (TPSA) is 68.2 Å². The van der Waals surface area contributed by atoms with Crippen LogP contribution in [0.1, 0.15) is 30.0 Å². The van der Waals surface area contributed by atoms with Crippen molar-refractivity contribution < 1.29 is 0 Å². The molecule has 1 unspecified atom stereocenters. The summed E-state index contributed by atoms with van der Waals surface area (Å²) in [4.78, 5) is 4.73. The molecule has 1 saturated heterocycles. The Hall–Kier alpha value is -1.14. The van der Waals surface area contributed by atoms with Gasteiger partial charge in [0.25, 0.3) is 0 Å². The second kappa shape index (κ2) is 5.47. The van der Waals surface area contributed by atoms with Crippen LogP contribution in [0.2, 0.25) is 0 Å². The van der Waals surface area contributed by atoms with Crippen LogP contribution >= 0.6 is 0 Å². The van der Waals surface area contributed by atoms with Crippen molar-refractivity contribution in [3.8, 4) is 9.40 Å². The summed E-state index contributed by atoms with van der Waals surface area (Å²) in [5, 5.41) is 7.66. The molecule has 1 fully saturated rings. The molecule has 2 aromatic rings. The van der Waals surface area contributed by atoms with Crippen molar-refractivity contribution in [2.24, 2.45) is 0 Å². The first kappa shape index (κ1) is 12.9. The molecule has 3 N–H and O–H groups in total. The van der Waals surface area contributed by atoms with Crippen molar-refractivity contribution in [2.75, 3.05) is 18.8 Å². The van der Waals surface area contributed by atoms with E-state index in [0.717, 1.165) is 62.2 Å². The van der Waals surface area contributed by atoms with E-state index in [4.69, 9.17) is 10.7 Å². The summed E-state index contributed by atoms with van der Waals surface area (Å²) in [6.07, 6.45) is 4.09. The van der Waals surface area contributed by atoms with E-state index >= 15 is 0 Å². The van der Waals surface area contributed by atoms with Gasteiger partial charge >= 0.3 is 128 Å². The van der Waals surface area contributed by atoms with Crippen LogP contribution in [0.4, 0.5) is 5.82 Å². The van der Waals surface area contributed by atoms with E-state index < -0.39 is 0 Å². The van der Waals surface area contributed by atoms with Crippen molar-refractivity contribution in [3.05, 3.63) is 23.5 Å². The van der Waals surface area contributed by atoms with E-state index in [1.165, 1.54) is 6.42 Å². The summed E-state index contributed by atoms with van der Waals surface area (Å²) in [6.45, 7) is 2.07. The number of nitrogens with two attached hydrogens (primary N) is 1. The van der Waals surface area contributed by atoms with Gasteiger partial charge in [0.2, 0.25) is 0 Å². The molecule has 5 nitrogen and oxygen atoms in total. The molecule has 0 saturated carbocycles. The summed E-state index contributed by atoms with van der Waals surface area (Å²) >= 11 is 0.848. The van der Waals surface area contributed by atoms with Crippen molar-refractivity contribution in [1.82, 2.24) is 19.9 Å². The third kappa shape index (κ3) is 2.47. The average Bonchev–Trinajstić information content (AvgIpc) is 2.84. The Balaban J connectivity index is 2.09. The van der Waals surface area contributed by atoms with Crippen molar-refractivity contribution >= 4 is 37.2 Å². The van der Waals surface area contributed by atoms with Crippen LogP contribution in [0.25, 0.3) is 5.65 Å². The summed E-state index contributed by atoms with van der Waals surface area (Å²) < 4.78 is 4.69. The number of fused-ring (bicyclic) bond motifs is 1. The fraction of sp³-hybridized carbons (Fsp3) is 0.385. The molecule has 0 aliphatic carbocycles. The number of hydrogen-bond donors (Lipinski definition) is 2. The van der Waals surface area contributed by atoms with Gasteiger partial charge in [-0.2, -0.15) is 0 Å². The van der Waals surface area contributed by atoms with Crippen molar-refractivity contribution in [1.29, 1.82) is 0 Å². The standard InChI is InChI=1S/C13H14N5.Pb/c1-2-9-8-16-18-12(14)6-11(17-13(9)18)10-4-3-5-15-7-10;/h6,8,10,15H,3-5,7,14H2;. The Morgan fingerprint density at radius 1 is 1.53 bits per heavy atom. The zero-order valence-electron chi connectivity index (χ0n) is 10.5. The van der Waals surface area contributed by atoms with Gasteiger partial charge in [0, 0.05) is 0 Å². The third-order valence-electron chi connectivity index (χ3n) is 3.43. The van der Waals surface area contributed by atoms with Gasteiger partial charge in [-0.25, -0.2) is 0 Å². The van der Waals surface area contributed by atoms with E-state index in [-0.39, 0.29) is 0 Å². The van der Waals surface area contributed by atoms with Crippen LogP contribution in [0.3, 0.4) is 0 Å². The van der Waals surface area contributed by atoms with Crippen LogP contribution in [-0.4, -0.2) is 53.5 Å². The molecule has 1 aliphatic heterocycles. The molecular weight excluding hydrogens is 433 g/mol. The molecule has 1 aliphatic rings. The zero-order valence-corrected chi connectivity index (χ0v) is 14.4. The molecule has 3 rings (SSSR count). The summed E-state index contributed by atoms with van der Waals surface area (Å²) in [5.41, 5.74) is 8.77. The second-order valence-electron chi connectivity index (χ2n) is 4.69. The van der Waals surface area contributed by atoms with E-state index in [9.17, 15) is 0 Å². The number of rotatable bonds is 1. The molecule has 6 heteroatoms. The minimum absolute atomic E-state index is 0.438. The molecule has 0 spiro atoms. The average molecular weight is 447 g/mol. The predicted octanol–water partition coefficient (Wildman–Crippen LogP) is 0.256. The minimum atomic E-state index is 0.438. The summed E-state index contributed by atoms with van der Waals surface area (Å²) in [6, 6.07) is 1.94. The van der Waals surface area contributed by atoms with E-state index in [0.29, 0.717) is 11.7 Å². The normalized spacial score (nSPS) is 19.1. The number of nitrogens with one attached hydrogen (secondary N) is 1. The first-order valence-electron chi connectivity index (χ1n) is 6.32. The number of nitrogens with zero attached hydrogens (tertiary/aromatic N) is 3. The first-order valence-corrected chi connectivity index (χ1v) is 8.26. The molecular formula is C13H14N5Pb. The van der Waals surface area contributed by atoms with Gasteiger partial charge < -0.3 is 0 Å². The van der Waals surface area contributed by atoms with Crippen LogP contribution in [0.15, 0.2) is 12.3 Å². The van der Waals surface area contributed by atoms with E-state index in [2.05, 4.69) is 19.8 Å². The van der Waals surface area contributed by atoms with Gasteiger partial charge in [-0.1, -0.05) is 0 Å². The van der Waals surface area contributed by atoms with Gasteiger partial charge in [0.1, 0.15) is 0 Å². The molecule has 0 amide bonds. The van der Waals surface area contributed by atoms with Gasteiger partial charge in [0.15, 0.2) is 0 Å². The Kier molecular flexibility index (Phi) is 3.70. The molecule has 1 atom stereocenters. The predicted molar refractivity (Wildman–Crippen MR) is 74.9 cm³/mol. The molecule has 0 bridgehead atoms. The fourth-order valence-corrected chi connectivity index (χ4v) is 3.00. The SMILES string of the molecule is Nc1cc(C2CCCNC2)nc2c(C#[C][Pb])cnn12. The monoisotopic (exact) mass is 448 g/mol. The maximum atomic E-state index is 6.07. The Morgan fingerprint density at radius 2 is 2.42 bits per heavy atom. The third-order valence-corrected chi connectivity index (χ3v) is 3.92. The fourth-order valence-electron chi connectivity index (χ4n) is 2.47. The van der Waals surface area contributed by atoms with Gasteiger partial charge in [-0.15, -0.1) is 0 Å². The Morgan fingerprint density at radius 3 is 3.16 bits per heavy atom. The van der Waals surface area contributed by atoms with E-state index in [1.807, 2.05) is 6.07 Å². The van der Waals surface area contributed by atoms with E-state index in [1.54, 1.807) is 10.7 Å². The van der Waals surface area contributed by atoms with Crippen molar-refractivity contribution in [3.63, 3.8) is 0 Å². The molecule has 95 valence electrons. The van der Waals surface area contributed by atoms with Gasteiger partial charge in [-0.3, -0.25) is 0 Å². The molecule has 3 radical (unpaired) electrons. The molecule has 3 heterocycles. The van der Waals surface area contributed by atoms with Crippen LogP contribution < -0.4 is 11.1 Å². The first-order chi connectivity index (χ1) is 9.29. The molecule has 19 heavy (non-hydrogen) atoms. The zero-order chi connectivity index (χ0) is 13.2. The maximum absolute atomic E-state index is 6.07. The number of anilines is 1. The Bertz CT molecular complexity index is 661. The number of aromatic nitrogens is 3.